The zero-order valence-corrected chi connectivity index (χ0v) is 9.34. The number of carboxylic acids is 1. The summed E-state index contributed by atoms with van der Waals surface area (Å²) in [6, 6.07) is 7.10. The first-order valence-corrected chi connectivity index (χ1v) is 5.28. The Bertz CT molecular complexity index is 440. The molecule has 0 radical (unpaired) electrons. The van der Waals surface area contributed by atoms with Crippen molar-refractivity contribution in [3.8, 4) is 5.75 Å². The van der Waals surface area contributed by atoms with Crippen molar-refractivity contribution in [3.63, 3.8) is 0 Å². The van der Waals surface area contributed by atoms with Gasteiger partial charge in [0, 0.05) is 12.5 Å². The molecule has 1 fully saturated rings. The second-order valence-corrected chi connectivity index (χ2v) is 3.94. The highest BCUT2D eigenvalue weighted by molar-refractivity contribution is 5.99. The number of hydrogen-bond donors (Lipinski definition) is 2. The predicted octanol–water partition coefficient (Wildman–Crippen LogP) is 0.609. The Balaban J connectivity index is 2.26. The number of rotatable bonds is 3. The molecule has 1 amide bonds. The largest absolute Gasteiger partial charge is 0.497 e. The predicted molar refractivity (Wildman–Crippen MR) is 59.9 cm³/mol. The average Bonchev–Trinajstić information content (AvgIpc) is 2.71. The van der Waals surface area contributed by atoms with Gasteiger partial charge in [-0.15, -0.1) is 0 Å². The van der Waals surface area contributed by atoms with E-state index in [0.717, 1.165) is 5.56 Å². The lowest BCUT2D eigenvalue weighted by molar-refractivity contribution is -0.145. The van der Waals surface area contributed by atoms with Gasteiger partial charge in [0.1, 0.15) is 11.7 Å². The van der Waals surface area contributed by atoms with Crippen LogP contribution in [0.4, 0.5) is 0 Å². The summed E-state index contributed by atoms with van der Waals surface area (Å²) in [6.45, 7) is 0.363. The fourth-order valence-corrected chi connectivity index (χ4v) is 2.07. The summed E-state index contributed by atoms with van der Waals surface area (Å²) in [4.78, 5) is 22.4. The molecule has 1 aromatic carbocycles. The third-order valence-electron chi connectivity index (χ3n) is 2.99. The fourth-order valence-electron chi connectivity index (χ4n) is 2.07. The van der Waals surface area contributed by atoms with Crippen LogP contribution in [0.3, 0.4) is 0 Å². The van der Waals surface area contributed by atoms with E-state index in [4.69, 9.17) is 9.84 Å². The molecular formula is C12H13NO4. The molecule has 17 heavy (non-hydrogen) atoms. The molecule has 2 N–H and O–H groups in total. The molecule has 5 heteroatoms. The number of nitrogens with one attached hydrogen (secondary N) is 1. The molecule has 0 aliphatic carbocycles. The molecular weight excluding hydrogens is 222 g/mol. The van der Waals surface area contributed by atoms with Gasteiger partial charge in [-0.05, 0) is 17.7 Å². The summed E-state index contributed by atoms with van der Waals surface area (Å²) >= 11 is 0. The third kappa shape index (κ3) is 2.08. The standard InChI is InChI=1S/C12H13NO4/c1-17-8-4-2-7(3-5-8)9-6-13-11(14)10(9)12(15)16/h2-5,9-10H,6H2,1H3,(H,13,14)(H,15,16)/t9-,10-/m0/s1. The molecule has 0 bridgehead atoms. The lowest BCUT2D eigenvalue weighted by atomic mass is 9.88. The van der Waals surface area contributed by atoms with Gasteiger partial charge in [-0.3, -0.25) is 9.59 Å². The van der Waals surface area contributed by atoms with Gasteiger partial charge in [0.25, 0.3) is 0 Å². The first kappa shape index (κ1) is 11.4. The Hall–Kier alpha value is -2.04. The summed E-state index contributed by atoms with van der Waals surface area (Å²) in [7, 11) is 1.57. The van der Waals surface area contributed by atoms with E-state index in [-0.39, 0.29) is 5.92 Å². The maximum atomic E-state index is 11.4. The van der Waals surface area contributed by atoms with E-state index in [1.807, 2.05) is 0 Å². The van der Waals surface area contributed by atoms with Crippen LogP contribution in [0, 0.1) is 5.92 Å². The average molecular weight is 235 g/mol. The van der Waals surface area contributed by atoms with Crippen LogP contribution >= 0.6 is 0 Å². The highest BCUT2D eigenvalue weighted by atomic mass is 16.5. The minimum absolute atomic E-state index is 0.314. The van der Waals surface area contributed by atoms with Gasteiger partial charge in [-0.2, -0.15) is 0 Å². The molecule has 0 aromatic heterocycles. The van der Waals surface area contributed by atoms with Crippen molar-refractivity contribution in [1.82, 2.24) is 5.32 Å². The van der Waals surface area contributed by atoms with E-state index < -0.39 is 17.8 Å². The monoisotopic (exact) mass is 235 g/mol. The quantitative estimate of drug-likeness (QED) is 0.753. The van der Waals surface area contributed by atoms with Crippen LogP contribution < -0.4 is 10.1 Å². The maximum absolute atomic E-state index is 11.4. The molecule has 1 aliphatic rings. The molecule has 0 saturated carbocycles. The highest BCUT2D eigenvalue weighted by Crippen LogP contribution is 2.30. The van der Waals surface area contributed by atoms with Crippen LogP contribution in [0.25, 0.3) is 0 Å². The first-order valence-electron chi connectivity index (χ1n) is 5.28. The Morgan fingerprint density at radius 3 is 2.59 bits per heavy atom. The van der Waals surface area contributed by atoms with Gasteiger partial charge in [0.2, 0.25) is 5.91 Å². The van der Waals surface area contributed by atoms with Crippen molar-refractivity contribution < 1.29 is 19.4 Å². The SMILES string of the molecule is COc1ccc([C@@H]2CNC(=O)[C@H]2C(=O)O)cc1. The number of carboxylic acid groups (broad SMARTS) is 1. The number of benzene rings is 1. The third-order valence-corrected chi connectivity index (χ3v) is 2.99. The Morgan fingerprint density at radius 1 is 1.41 bits per heavy atom. The summed E-state index contributed by atoms with van der Waals surface area (Å²) < 4.78 is 5.03. The summed E-state index contributed by atoms with van der Waals surface area (Å²) in [5.74, 6) is -2.11. The fraction of sp³-hybridized carbons (Fsp3) is 0.333. The van der Waals surface area contributed by atoms with Gasteiger partial charge < -0.3 is 15.2 Å². The zero-order valence-electron chi connectivity index (χ0n) is 9.34. The zero-order chi connectivity index (χ0) is 12.4. The number of carbonyl (C=O) groups excluding carboxylic acids is 1. The van der Waals surface area contributed by atoms with Crippen molar-refractivity contribution in [2.24, 2.45) is 5.92 Å². The number of methoxy groups -OCH3 is 1. The number of ether oxygens (including phenoxy) is 1. The van der Waals surface area contributed by atoms with Crippen LogP contribution in [0.5, 0.6) is 5.75 Å². The van der Waals surface area contributed by atoms with Gasteiger partial charge in [-0.25, -0.2) is 0 Å². The Morgan fingerprint density at radius 2 is 2.06 bits per heavy atom. The molecule has 1 heterocycles. The molecule has 0 spiro atoms. The Labute approximate surface area is 98.4 Å². The smallest absolute Gasteiger partial charge is 0.316 e. The Kier molecular flexibility index (Phi) is 2.99. The van der Waals surface area contributed by atoms with Gasteiger partial charge >= 0.3 is 5.97 Å². The molecule has 90 valence electrons. The summed E-state index contributed by atoms with van der Waals surface area (Å²) in [5.41, 5.74) is 0.830. The molecule has 1 saturated heterocycles. The highest BCUT2D eigenvalue weighted by Gasteiger charge is 2.40. The maximum Gasteiger partial charge on any atom is 0.316 e. The van der Waals surface area contributed by atoms with Crippen LogP contribution in [-0.2, 0) is 9.59 Å². The van der Waals surface area contributed by atoms with Crippen molar-refractivity contribution in [2.45, 2.75) is 5.92 Å². The second kappa shape index (κ2) is 4.45. The lowest BCUT2D eigenvalue weighted by Gasteiger charge is -2.13. The van der Waals surface area contributed by atoms with Gasteiger partial charge in [0.15, 0.2) is 0 Å². The molecule has 0 unspecified atom stereocenters. The van der Waals surface area contributed by atoms with Crippen molar-refractivity contribution in [1.29, 1.82) is 0 Å². The molecule has 2 rings (SSSR count). The topological polar surface area (TPSA) is 75.6 Å². The van der Waals surface area contributed by atoms with Crippen molar-refractivity contribution in [3.05, 3.63) is 29.8 Å². The molecule has 1 aromatic rings. The second-order valence-electron chi connectivity index (χ2n) is 3.94. The number of hydrogen-bond acceptors (Lipinski definition) is 3. The van der Waals surface area contributed by atoms with E-state index in [1.54, 1.807) is 31.4 Å². The van der Waals surface area contributed by atoms with E-state index in [0.29, 0.717) is 12.3 Å². The van der Waals surface area contributed by atoms with E-state index in [1.165, 1.54) is 0 Å². The number of aliphatic carboxylic acids is 1. The molecule has 5 nitrogen and oxygen atoms in total. The normalized spacial score (nSPS) is 23.2. The summed E-state index contributed by atoms with van der Waals surface area (Å²) in [5, 5.41) is 11.6. The van der Waals surface area contributed by atoms with Crippen molar-refractivity contribution in [2.75, 3.05) is 13.7 Å². The minimum atomic E-state index is -1.08. The van der Waals surface area contributed by atoms with Gasteiger partial charge in [0.05, 0.1) is 7.11 Å². The number of carbonyl (C=O) groups is 2. The summed E-state index contributed by atoms with van der Waals surface area (Å²) in [6.07, 6.45) is 0. The van der Waals surface area contributed by atoms with E-state index in [9.17, 15) is 9.59 Å². The van der Waals surface area contributed by atoms with E-state index >= 15 is 0 Å². The van der Waals surface area contributed by atoms with Crippen LogP contribution in [0.15, 0.2) is 24.3 Å². The first-order chi connectivity index (χ1) is 8.13. The lowest BCUT2D eigenvalue weighted by Crippen LogP contribution is -2.26. The van der Waals surface area contributed by atoms with Crippen LogP contribution in [-0.4, -0.2) is 30.6 Å². The van der Waals surface area contributed by atoms with E-state index in [2.05, 4.69) is 5.32 Å². The van der Waals surface area contributed by atoms with Crippen molar-refractivity contribution >= 4 is 11.9 Å². The minimum Gasteiger partial charge on any atom is -0.497 e. The number of amides is 1. The molecule has 2 atom stereocenters. The van der Waals surface area contributed by atoms with Crippen LogP contribution in [0.2, 0.25) is 0 Å². The molecule has 1 aliphatic heterocycles. The van der Waals surface area contributed by atoms with Crippen LogP contribution in [0.1, 0.15) is 11.5 Å². The van der Waals surface area contributed by atoms with Gasteiger partial charge in [-0.1, -0.05) is 12.1 Å².